The smallest absolute Gasteiger partial charge is 0.253 e. The van der Waals surface area contributed by atoms with E-state index in [2.05, 4.69) is 34.1 Å². The van der Waals surface area contributed by atoms with E-state index in [-0.39, 0.29) is 11.3 Å². The number of hydrogen-bond donors (Lipinski definition) is 0. The van der Waals surface area contributed by atoms with Crippen LogP contribution in [0.1, 0.15) is 46.7 Å². The van der Waals surface area contributed by atoms with E-state index in [9.17, 15) is 9.59 Å². The lowest BCUT2D eigenvalue weighted by Gasteiger charge is -2.39. The molecule has 3 saturated heterocycles. The van der Waals surface area contributed by atoms with Crippen LogP contribution in [0.2, 0.25) is 0 Å². The van der Waals surface area contributed by atoms with Crippen LogP contribution in [-0.4, -0.2) is 77.9 Å². The van der Waals surface area contributed by atoms with E-state index < -0.39 is 0 Å². The number of nitrogens with zero attached hydrogens (tertiary/aromatic N) is 4. The second-order valence-electron chi connectivity index (χ2n) is 11.6. The minimum absolute atomic E-state index is 0.0805. The summed E-state index contributed by atoms with van der Waals surface area (Å²) in [5, 5.41) is 0. The van der Waals surface area contributed by atoms with Gasteiger partial charge in [-0.25, -0.2) is 0 Å². The zero-order valence-corrected chi connectivity index (χ0v) is 23.2. The van der Waals surface area contributed by atoms with E-state index in [0.29, 0.717) is 29.9 Å². The molecule has 0 aliphatic carbocycles. The van der Waals surface area contributed by atoms with Crippen LogP contribution in [0.3, 0.4) is 0 Å². The molecular weight excluding hydrogens is 500 g/mol. The first kappa shape index (κ1) is 26.5. The average molecular weight is 539 g/mol. The van der Waals surface area contributed by atoms with Crippen molar-refractivity contribution in [3.05, 3.63) is 95.8 Å². The number of amides is 2. The van der Waals surface area contributed by atoms with Crippen molar-refractivity contribution in [1.82, 2.24) is 19.7 Å². The average Bonchev–Trinajstić information content (AvgIpc) is 3.56. The van der Waals surface area contributed by atoms with Gasteiger partial charge in [0.2, 0.25) is 5.91 Å². The molecule has 2 atom stereocenters. The van der Waals surface area contributed by atoms with Gasteiger partial charge in [0.25, 0.3) is 5.91 Å². The molecule has 1 aromatic heterocycles. The third-order valence-corrected chi connectivity index (χ3v) is 9.32. The van der Waals surface area contributed by atoms with Crippen molar-refractivity contribution in [2.45, 2.75) is 31.7 Å². The number of aromatic nitrogens is 1. The largest absolute Gasteiger partial charge is 0.497 e. The van der Waals surface area contributed by atoms with Crippen molar-refractivity contribution in [2.75, 3.05) is 46.4 Å². The van der Waals surface area contributed by atoms with E-state index in [4.69, 9.17) is 4.74 Å². The van der Waals surface area contributed by atoms with Crippen LogP contribution in [-0.2, 0) is 11.3 Å². The predicted molar refractivity (Wildman–Crippen MR) is 154 cm³/mol. The summed E-state index contributed by atoms with van der Waals surface area (Å²) >= 11 is 0. The minimum Gasteiger partial charge on any atom is -0.497 e. The maximum atomic E-state index is 13.6. The molecule has 3 aromatic rings. The zero-order valence-electron chi connectivity index (χ0n) is 23.2. The molecule has 0 N–H and O–H groups in total. The fourth-order valence-corrected chi connectivity index (χ4v) is 6.93. The predicted octanol–water partition coefficient (Wildman–Crippen LogP) is 4.46. The molecule has 3 fully saturated rings. The summed E-state index contributed by atoms with van der Waals surface area (Å²) in [6.07, 6.45) is 6.13. The van der Waals surface area contributed by atoms with E-state index in [1.165, 1.54) is 5.56 Å². The molecular formula is C33H38N4O3. The van der Waals surface area contributed by atoms with Crippen LogP contribution in [0.5, 0.6) is 5.75 Å². The summed E-state index contributed by atoms with van der Waals surface area (Å²) < 4.78 is 5.27. The van der Waals surface area contributed by atoms with Crippen molar-refractivity contribution in [3.8, 4) is 5.75 Å². The van der Waals surface area contributed by atoms with Gasteiger partial charge in [0.1, 0.15) is 5.75 Å². The Morgan fingerprint density at radius 1 is 0.925 bits per heavy atom. The van der Waals surface area contributed by atoms with Gasteiger partial charge in [-0.3, -0.25) is 14.6 Å². The van der Waals surface area contributed by atoms with Crippen molar-refractivity contribution >= 4 is 11.8 Å². The molecule has 208 valence electrons. The highest BCUT2D eigenvalue weighted by molar-refractivity contribution is 5.94. The Morgan fingerprint density at radius 2 is 1.62 bits per heavy atom. The lowest BCUT2D eigenvalue weighted by Crippen LogP contribution is -2.46. The van der Waals surface area contributed by atoms with E-state index >= 15 is 0 Å². The van der Waals surface area contributed by atoms with Crippen molar-refractivity contribution in [3.63, 3.8) is 0 Å². The van der Waals surface area contributed by atoms with Crippen LogP contribution in [0, 0.1) is 11.3 Å². The molecule has 2 amide bonds. The Bertz CT molecular complexity index is 1310. The molecule has 1 spiro atoms. The molecule has 6 rings (SSSR count). The number of benzene rings is 2. The Labute approximate surface area is 236 Å². The van der Waals surface area contributed by atoms with Crippen LogP contribution in [0.4, 0.5) is 0 Å². The van der Waals surface area contributed by atoms with Gasteiger partial charge in [0.05, 0.1) is 12.5 Å². The number of pyridine rings is 1. The van der Waals surface area contributed by atoms with Gasteiger partial charge < -0.3 is 19.4 Å². The fraction of sp³-hybridized carbons (Fsp3) is 0.424. The van der Waals surface area contributed by atoms with Gasteiger partial charge in [-0.1, -0.05) is 42.5 Å². The van der Waals surface area contributed by atoms with Gasteiger partial charge in [-0.05, 0) is 73.7 Å². The van der Waals surface area contributed by atoms with Crippen molar-refractivity contribution < 1.29 is 14.3 Å². The first-order chi connectivity index (χ1) is 19.5. The Balaban J connectivity index is 1.09. The zero-order chi connectivity index (χ0) is 27.5. The van der Waals surface area contributed by atoms with Gasteiger partial charge in [0.15, 0.2) is 0 Å². The summed E-state index contributed by atoms with van der Waals surface area (Å²) in [4.78, 5) is 37.5. The standard InChI is InChI=1S/C33H38N4O3/c1-40-29-9-7-25(8-10-29)21-36-20-15-33(32(36)39)13-18-35(19-14-33)22-28-23-37(31(38)27-11-16-34-17-12-27)24-30(28)26-5-3-2-4-6-26/h2-12,16-17,28,30H,13-15,18-24H2,1H3/t28-,30+/m0/s1. The molecule has 3 aliphatic heterocycles. The van der Waals surface area contributed by atoms with Crippen LogP contribution in [0.25, 0.3) is 0 Å². The second-order valence-corrected chi connectivity index (χ2v) is 11.6. The van der Waals surface area contributed by atoms with Crippen LogP contribution in [0.15, 0.2) is 79.1 Å². The molecule has 7 nitrogen and oxygen atoms in total. The Morgan fingerprint density at radius 3 is 2.33 bits per heavy atom. The first-order valence-corrected chi connectivity index (χ1v) is 14.4. The van der Waals surface area contributed by atoms with Gasteiger partial charge >= 0.3 is 0 Å². The minimum atomic E-state index is -0.221. The molecule has 2 aromatic carbocycles. The van der Waals surface area contributed by atoms with Crippen molar-refractivity contribution in [2.24, 2.45) is 11.3 Å². The lowest BCUT2D eigenvalue weighted by molar-refractivity contribution is -0.139. The van der Waals surface area contributed by atoms with Gasteiger partial charge in [-0.15, -0.1) is 0 Å². The highest BCUT2D eigenvalue weighted by Gasteiger charge is 2.48. The molecule has 3 aliphatic rings. The number of methoxy groups -OCH3 is 1. The van der Waals surface area contributed by atoms with E-state index in [1.54, 1.807) is 31.6 Å². The summed E-state index contributed by atoms with van der Waals surface area (Å²) in [5.41, 5.74) is 2.91. The lowest BCUT2D eigenvalue weighted by atomic mass is 9.76. The summed E-state index contributed by atoms with van der Waals surface area (Å²) in [6, 6.07) is 22.2. The molecule has 0 bridgehead atoms. The number of piperidine rings is 1. The molecule has 40 heavy (non-hydrogen) atoms. The Kier molecular flexibility index (Phi) is 7.57. The highest BCUT2D eigenvalue weighted by Crippen LogP contribution is 2.43. The molecule has 7 heteroatoms. The molecule has 0 saturated carbocycles. The highest BCUT2D eigenvalue weighted by atomic mass is 16.5. The maximum Gasteiger partial charge on any atom is 0.253 e. The number of likely N-dealkylation sites (tertiary alicyclic amines) is 3. The maximum absolute atomic E-state index is 13.6. The fourth-order valence-electron chi connectivity index (χ4n) is 6.93. The number of carbonyl (C=O) groups excluding carboxylic acids is 2. The SMILES string of the molecule is COc1ccc(CN2CCC3(CCN(C[C@H]4CN(C(=O)c5ccncc5)C[C@@H]4c4ccccc4)CC3)C2=O)cc1. The summed E-state index contributed by atoms with van der Waals surface area (Å²) in [5.74, 6) is 1.89. The monoisotopic (exact) mass is 538 g/mol. The number of hydrogen-bond acceptors (Lipinski definition) is 5. The topological polar surface area (TPSA) is 66.0 Å². The summed E-state index contributed by atoms with van der Waals surface area (Å²) in [6.45, 7) is 5.77. The molecule has 0 unspecified atom stereocenters. The van der Waals surface area contributed by atoms with Crippen molar-refractivity contribution in [1.29, 1.82) is 0 Å². The molecule has 4 heterocycles. The van der Waals surface area contributed by atoms with Gasteiger partial charge in [0, 0.05) is 56.6 Å². The number of rotatable bonds is 7. The second kappa shape index (κ2) is 11.4. The van der Waals surface area contributed by atoms with E-state index in [1.807, 2.05) is 40.1 Å². The first-order valence-electron chi connectivity index (χ1n) is 14.4. The Hall–Kier alpha value is -3.71. The number of carbonyl (C=O) groups is 2. The summed E-state index contributed by atoms with van der Waals surface area (Å²) in [7, 11) is 1.67. The third kappa shape index (κ3) is 5.35. The normalized spacial score (nSPS) is 22.7. The molecule has 0 radical (unpaired) electrons. The quantitative estimate of drug-likeness (QED) is 0.445. The number of ether oxygens (including phenoxy) is 1. The van der Waals surface area contributed by atoms with Crippen LogP contribution >= 0.6 is 0 Å². The third-order valence-electron chi connectivity index (χ3n) is 9.32. The van der Waals surface area contributed by atoms with Crippen LogP contribution < -0.4 is 4.74 Å². The van der Waals surface area contributed by atoms with Gasteiger partial charge in [-0.2, -0.15) is 0 Å². The van der Waals surface area contributed by atoms with E-state index in [0.717, 1.165) is 69.8 Å².